The highest BCUT2D eigenvalue weighted by Crippen LogP contribution is 2.14. The summed E-state index contributed by atoms with van der Waals surface area (Å²) in [5.74, 6) is 0.760. The van der Waals surface area contributed by atoms with Crippen LogP contribution in [0.15, 0.2) is 17.4 Å². The highest BCUT2D eigenvalue weighted by atomic mass is 14.0. The second-order valence-corrected chi connectivity index (χ2v) is 4.79. The summed E-state index contributed by atoms with van der Waals surface area (Å²) in [6.45, 7) is 9.04. The maximum Gasteiger partial charge on any atom is -0.0244 e. The lowest BCUT2D eigenvalue weighted by atomic mass is 10.0. The normalized spacial score (nSPS) is 10.2. The van der Waals surface area contributed by atoms with Gasteiger partial charge in [-0.25, -0.2) is 0 Å². The van der Waals surface area contributed by atoms with Crippen molar-refractivity contribution in [2.45, 2.75) is 72.6 Å². The van der Waals surface area contributed by atoms with Crippen molar-refractivity contribution in [3.63, 3.8) is 0 Å². The molecule has 0 spiro atoms. The fourth-order valence-corrected chi connectivity index (χ4v) is 1.49. The molecule has 0 aliphatic carbocycles. The average molecular weight is 208 g/mol. The minimum atomic E-state index is 0.760. The summed E-state index contributed by atoms with van der Waals surface area (Å²) in [5, 5.41) is 0. The smallest absolute Gasteiger partial charge is 0.0244 e. The van der Waals surface area contributed by atoms with Crippen molar-refractivity contribution in [1.82, 2.24) is 0 Å². The van der Waals surface area contributed by atoms with E-state index < -0.39 is 0 Å². The SMILES string of the molecule is CCCCC(=C=CCC(C)C)CCCC. The van der Waals surface area contributed by atoms with Crippen LogP contribution in [0.2, 0.25) is 0 Å². The van der Waals surface area contributed by atoms with Crippen LogP contribution in [0.5, 0.6) is 0 Å². The molecule has 0 aromatic heterocycles. The first-order chi connectivity index (χ1) is 7.20. The molecule has 0 heteroatoms. The Labute approximate surface area is 96.5 Å². The zero-order valence-corrected chi connectivity index (χ0v) is 11.1. The lowest BCUT2D eigenvalue weighted by molar-refractivity contribution is 0.662. The second kappa shape index (κ2) is 10.1. The summed E-state index contributed by atoms with van der Waals surface area (Å²) in [4.78, 5) is 0. The predicted molar refractivity (Wildman–Crippen MR) is 70.1 cm³/mol. The molecular weight excluding hydrogens is 180 g/mol. The average Bonchev–Trinajstić information content (AvgIpc) is 2.20. The van der Waals surface area contributed by atoms with E-state index in [-0.39, 0.29) is 0 Å². The number of rotatable bonds is 8. The summed E-state index contributed by atoms with van der Waals surface area (Å²) >= 11 is 0. The third kappa shape index (κ3) is 9.82. The lowest BCUT2D eigenvalue weighted by Gasteiger charge is -2.02. The summed E-state index contributed by atoms with van der Waals surface area (Å²) in [6.07, 6.45) is 11.1. The predicted octanol–water partition coefficient (Wildman–Crippen LogP) is 5.49. The Morgan fingerprint density at radius 1 is 1.07 bits per heavy atom. The van der Waals surface area contributed by atoms with Crippen LogP contribution < -0.4 is 0 Å². The van der Waals surface area contributed by atoms with Gasteiger partial charge in [-0.05, 0) is 49.7 Å². The van der Waals surface area contributed by atoms with Crippen LogP contribution in [0, 0.1) is 5.92 Å². The minimum absolute atomic E-state index is 0.760. The van der Waals surface area contributed by atoms with Crippen molar-refractivity contribution < 1.29 is 0 Å². The van der Waals surface area contributed by atoms with Gasteiger partial charge in [0.05, 0.1) is 0 Å². The van der Waals surface area contributed by atoms with Gasteiger partial charge in [0.2, 0.25) is 0 Å². The maximum atomic E-state index is 3.51. The molecule has 88 valence electrons. The lowest BCUT2D eigenvalue weighted by Crippen LogP contribution is -1.84. The van der Waals surface area contributed by atoms with E-state index in [1.807, 2.05) is 0 Å². The van der Waals surface area contributed by atoms with Crippen LogP contribution in [0.4, 0.5) is 0 Å². The molecule has 0 saturated heterocycles. The molecule has 0 nitrogen and oxygen atoms in total. The van der Waals surface area contributed by atoms with E-state index in [2.05, 4.69) is 39.5 Å². The summed E-state index contributed by atoms with van der Waals surface area (Å²) in [7, 11) is 0. The van der Waals surface area contributed by atoms with Crippen molar-refractivity contribution in [2.75, 3.05) is 0 Å². The van der Waals surface area contributed by atoms with Gasteiger partial charge >= 0.3 is 0 Å². The first-order valence-corrected chi connectivity index (χ1v) is 6.63. The largest absolute Gasteiger partial charge is 0.126 e. The summed E-state index contributed by atoms with van der Waals surface area (Å²) in [5.41, 5.74) is 5.05. The first-order valence-electron chi connectivity index (χ1n) is 6.63. The molecule has 0 radical (unpaired) electrons. The van der Waals surface area contributed by atoms with Crippen LogP contribution in [0.3, 0.4) is 0 Å². The van der Waals surface area contributed by atoms with Crippen molar-refractivity contribution in [3.05, 3.63) is 17.4 Å². The maximum absolute atomic E-state index is 3.51. The van der Waals surface area contributed by atoms with Gasteiger partial charge in [-0.15, -0.1) is 5.73 Å². The van der Waals surface area contributed by atoms with Gasteiger partial charge in [0, 0.05) is 0 Å². The fraction of sp³-hybridized carbons (Fsp3) is 0.800. The summed E-state index contributed by atoms with van der Waals surface area (Å²) < 4.78 is 0. The Bertz CT molecular complexity index is 182. The highest BCUT2D eigenvalue weighted by molar-refractivity contribution is 5.02. The van der Waals surface area contributed by atoms with Gasteiger partial charge in [0.25, 0.3) is 0 Å². The Morgan fingerprint density at radius 3 is 2.00 bits per heavy atom. The van der Waals surface area contributed by atoms with E-state index >= 15 is 0 Å². The van der Waals surface area contributed by atoms with E-state index in [4.69, 9.17) is 0 Å². The van der Waals surface area contributed by atoms with E-state index in [0.29, 0.717) is 0 Å². The molecule has 0 amide bonds. The molecule has 0 rings (SSSR count). The molecule has 0 aromatic rings. The van der Waals surface area contributed by atoms with Crippen molar-refractivity contribution >= 4 is 0 Å². The van der Waals surface area contributed by atoms with Gasteiger partial charge in [-0.1, -0.05) is 40.5 Å². The first kappa shape index (κ1) is 14.5. The van der Waals surface area contributed by atoms with E-state index in [9.17, 15) is 0 Å². The molecule has 0 fully saturated rings. The number of hydrogen-bond donors (Lipinski definition) is 0. The molecule has 0 aliphatic heterocycles. The van der Waals surface area contributed by atoms with E-state index in [0.717, 1.165) is 5.92 Å². The van der Waals surface area contributed by atoms with Crippen LogP contribution in [-0.2, 0) is 0 Å². The van der Waals surface area contributed by atoms with Gasteiger partial charge in [0.15, 0.2) is 0 Å². The van der Waals surface area contributed by atoms with Crippen molar-refractivity contribution in [1.29, 1.82) is 0 Å². The topological polar surface area (TPSA) is 0 Å². The Balaban J connectivity index is 4.12. The Morgan fingerprint density at radius 2 is 1.60 bits per heavy atom. The highest BCUT2D eigenvalue weighted by Gasteiger charge is 1.95. The number of allylic oxidation sites excluding steroid dienone is 1. The molecule has 0 bridgehead atoms. The minimum Gasteiger partial charge on any atom is -0.126 e. The van der Waals surface area contributed by atoms with E-state index in [1.165, 1.54) is 44.9 Å². The fourth-order valence-electron chi connectivity index (χ4n) is 1.49. The van der Waals surface area contributed by atoms with Crippen LogP contribution in [0.1, 0.15) is 72.6 Å². The molecule has 0 N–H and O–H groups in total. The molecule has 15 heavy (non-hydrogen) atoms. The molecular formula is C15H28. The third-order valence-electron chi connectivity index (χ3n) is 2.56. The number of hydrogen-bond acceptors (Lipinski definition) is 0. The van der Waals surface area contributed by atoms with Gasteiger partial charge < -0.3 is 0 Å². The molecule has 0 atom stereocenters. The van der Waals surface area contributed by atoms with Crippen molar-refractivity contribution in [3.8, 4) is 0 Å². The van der Waals surface area contributed by atoms with Gasteiger partial charge in [-0.2, -0.15) is 0 Å². The Hall–Kier alpha value is -0.480. The molecule has 0 saturated carbocycles. The zero-order valence-electron chi connectivity index (χ0n) is 11.1. The summed E-state index contributed by atoms with van der Waals surface area (Å²) in [6, 6.07) is 0. The second-order valence-electron chi connectivity index (χ2n) is 4.79. The monoisotopic (exact) mass is 208 g/mol. The molecule has 0 unspecified atom stereocenters. The standard InChI is InChI=1S/C15H28/c1-5-7-11-15(12-8-6-2)13-9-10-14(3)4/h9,14H,5-8,10-12H2,1-4H3. The molecule has 0 aromatic carbocycles. The van der Waals surface area contributed by atoms with E-state index in [1.54, 1.807) is 5.57 Å². The molecule has 0 aliphatic rings. The van der Waals surface area contributed by atoms with Crippen LogP contribution in [-0.4, -0.2) is 0 Å². The van der Waals surface area contributed by atoms with Crippen LogP contribution in [0.25, 0.3) is 0 Å². The van der Waals surface area contributed by atoms with Gasteiger partial charge in [-0.3, -0.25) is 0 Å². The third-order valence-corrected chi connectivity index (χ3v) is 2.56. The Kier molecular flexibility index (Phi) is 9.73. The van der Waals surface area contributed by atoms with Crippen molar-refractivity contribution in [2.24, 2.45) is 5.92 Å². The molecule has 0 heterocycles. The van der Waals surface area contributed by atoms with Gasteiger partial charge in [0.1, 0.15) is 0 Å². The quantitative estimate of drug-likeness (QED) is 0.462. The number of unbranched alkanes of at least 4 members (excludes halogenated alkanes) is 2. The zero-order chi connectivity index (χ0) is 11.5. The van der Waals surface area contributed by atoms with Crippen LogP contribution >= 0.6 is 0 Å².